The average Bonchev–Trinajstić information content (AvgIpc) is 2.83. The lowest BCUT2D eigenvalue weighted by molar-refractivity contribution is 0.275. The van der Waals surface area contributed by atoms with E-state index in [4.69, 9.17) is 0 Å². The van der Waals surface area contributed by atoms with Crippen molar-refractivity contribution in [3.8, 4) is 0 Å². The Morgan fingerprint density at radius 3 is 1.67 bits per heavy atom. The summed E-state index contributed by atoms with van der Waals surface area (Å²) in [4.78, 5) is 0. The van der Waals surface area contributed by atoms with Gasteiger partial charge in [-0.15, -0.1) is 0 Å². The summed E-state index contributed by atoms with van der Waals surface area (Å²) in [6, 6.07) is 33.2. The number of benzene rings is 3. The van der Waals surface area contributed by atoms with Crippen LogP contribution in [0.2, 0.25) is 0 Å². The standard InChI is InChI=1S/C30H36/c1-5-25(26-17-11-8-12-18-26)23-30(7-3,28-21-15-10-16-22-28)24-29(4,6-2)27-19-13-9-14-20-27/h5,8-22H,6-7,23-24H2,1-4H3/b25-5-. The van der Waals surface area contributed by atoms with Gasteiger partial charge in [0.05, 0.1) is 0 Å². The van der Waals surface area contributed by atoms with E-state index in [1.54, 1.807) is 0 Å². The van der Waals surface area contributed by atoms with Crippen LogP contribution in [0.3, 0.4) is 0 Å². The van der Waals surface area contributed by atoms with E-state index >= 15 is 0 Å². The number of hydrogen-bond donors (Lipinski definition) is 0. The van der Waals surface area contributed by atoms with E-state index in [-0.39, 0.29) is 10.8 Å². The van der Waals surface area contributed by atoms with Gasteiger partial charge in [0, 0.05) is 0 Å². The molecule has 0 aliphatic rings. The third-order valence-electron chi connectivity index (χ3n) is 7.06. The molecule has 0 amide bonds. The van der Waals surface area contributed by atoms with Crippen LogP contribution in [-0.4, -0.2) is 0 Å². The van der Waals surface area contributed by atoms with E-state index in [0.717, 1.165) is 25.7 Å². The predicted octanol–water partition coefficient (Wildman–Crippen LogP) is 8.59. The lowest BCUT2D eigenvalue weighted by atomic mass is 9.61. The van der Waals surface area contributed by atoms with E-state index in [9.17, 15) is 0 Å². The molecule has 156 valence electrons. The van der Waals surface area contributed by atoms with Gasteiger partial charge in [0.25, 0.3) is 0 Å². The van der Waals surface area contributed by atoms with E-state index in [1.165, 1.54) is 22.3 Å². The molecule has 0 nitrogen and oxygen atoms in total. The number of rotatable bonds is 9. The van der Waals surface area contributed by atoms with E-state index < -0.39 is 0 Å². The van der Waals surface area contributed by atoms with Gasteiger partial charge in [-0.1, -0.05) is 118 Å². The second-order valence-electron chi connectivity index (χ2n) is 8.81. The van der Waals surface area contributed by atoms with Crippen LogP contribution in [0, 0.1) is 0 Å². The smallest absolute Gasteiger partial charge is 0.0000812 e. The molecule has 0 heterocycles. The Hall–Kier alpha value is -2.60. The Kier molecular flexibility index (Phi) is 7.32. The first kappa shape index (κ1) is 22.1. The highest BCUT2D eigenvalue weighted by atomic mass is 14.4. The second kappa shape index (κ2) is 9.94. The minimum absolute atomic E-state index is 0.0829. The fraction of sp³-hybridized carbons (Fsp3) is 0.333. The molecule has 0 aliphatic carbocycles. The molecule has 2 unspecified atom stereocenters. The molecule has 0 N–H and O–H groups in total. The van der Waals surface area contributed by atoms with Gasteiger partial charge in [0.2, 0.25) is 0 Å². The van der Waals surface area contributed by atoms with E-state index in [1.807, 2.05) is 0 Å². The van der Waals surface area contributed by atoms with Crippen molar-refractivity contribution < 1.29 is 0 Å². The molecule has 0 aromatic heterocycles. The molecule has 3 aromatic carbocycles. The largest absolute Gasteiger partial charge is 0.0838 e. The summed E-state index contributed by atoms with van der Waals surface area (Å²) in [6.45, 7) is 9.34. The summed E-state index contributed by atoms with van der Waals surface area (Å²) in [6.07, 6.45) is 6.74. The predicted molar refractivity (Wildman–Crippen MR) is 132 cm³/mol. The third-order valence-corrected chi connectivity index (χ3v) is 7.06. The zero-order chi connectivity index (χ0) is 21.5. The van der Waals surface area contributed by atoms with Crippen LogP contribution >= 0.6 is 0 Å². The first-order chi connectivity index (χ1) is 14.6. The van der Waals surface area contributed by atoms with Crippen molar-refractivity contribution in [3.63, 3.8) is 0 Å². The van der Waals surface area contributed by atoms with Crippen LogP contribution in [0.25, 0.3) is 5.57 Å². The summed E-state index contributed by atoms with van der Waals surface area (Å²) < 4.78 is 0. The fourth-order valence-corrected chi connectivity index (χ4v) is 4.92. The Morgan fingerprint density at radius 2 is 1.20 bits per heavy atom. The highest BCUT2D eigenvalue weighted by Gasteiger charge is 2.39. The van der Waals surface area contributed by atoms with Crippen molar-refractivity contribution in [1.82, 2.24) is 0 Å². The molecule has 0 fully saturated rings. The molecule has 30 heavy (non-hydrogen) atoms. The molecule has 0 aliphatic heterocycles. The Labute approximate surface area is 183 Å². The quantitative estimate of drug-likeness (QED) is 0.340. The van der Waals surface area contributed by atoms with E-state index in [0.29, 0.717) is 0 Å². The summed E-state index contributed by atoms with van der Waals surface area (Å²) in [5, 5.41) is 0. The van der Waals surface area contributed by atoms with Gasteiger partial charge in [-0.05, 0) is 65.7 Å². The Balaban J connectivity index is 2.08. The minimum Gasteiger partial charge on any atom is -0.0838 e. The maximum Gasteiger partial charge on any atom is -0.0000812 e. The molecule has 2 atom stereocenters. The normalized spacial score (nSPS) is 15.9. The van der Waals surface area contributed by atoms with Crippen molar-refractivity contribution in [2.75, 3.05) is 0 Å². The number of allylic oxidation sites excluding steroid dienone is 2. The van der Waals surface area contributed by atoms with Gasteiger partial charge in [0.15, 0.2) is 0 Å². The third kappa shape index (κ3) is 4.75. The van der Waals surface area contributed by atoms with Crippen LogP contribution < -0.4 is 0 Å². The summed E-state index contributed by atoms with van der Waals surface area (Å²) in [5.74, 6) is 0. The lowest BCUT2D eigenvalue weighted by Crippen LogP contribution is -2.36. The lowest BCUT2D eigenvalue weighted by Gasteiger charge is -2.43. The monoisotopic (exact) mass is 396 g/mol. The SMILES string of the molecule is C/C=C(/CC(CC)(CC(C)(CC)c1ccccc1)c1ccccc1)c1ccccc1. The highest BCUT2D eigenvalue weighted by Crippen LogP contribution is 2.48. The molecule has 3 rings (SSSR count). The molecule has 0 saturated heterocycles. The second-order valence-corrected chi connectivity index (χ2v) is 8.81. The van der Waals surface area contributed by atoms with Gasteiger partial charge in [0.1, 0.15) is 0 Å². The average molecular weight is 397 g/mol. The maximum atomic E-state index is 2.45. The first-order valence-electron chi connectivity index (χ1n) is 11.4. The van der Waals surface area contributed by atoms with Crippen LogP contribution in [0.4, 0.5) is 0 Å². The van der Waals surface area contributed by atoms with Crippen molar-refractivity contribution in [1.29, 1.82) is 0 Å². The van der Waals surface area contributed by atoms with Crippen molar-refractivity contribution in [3.05, 3.63) is 114 Å². The maximum absolute atomic E-state index is 2.45. The van der Waals surface area contributed by atoms with Gasteiger partial charge >= 0.3 is 0 Å². The van der Waals surface area contributed by atoms with Gasteiger partial charge in [-0.25, -0.2) is 0 Å². The molecular formula is C30H36. The fourth-order valence-electron chi connectivity index (χ4n) is 4.92. The Morgan fingerprint density at radius 1 is 0.700 bits per heavy atom. The number of hydrogen-bond acceptors (Lipinski definition) is 0. The first-order valence-corrected chi connectivity index (χ1v) is 11.4. The van der Waals surface area contributed by atoms with Crippen molar-refractivity contribution in [2.24, 2.45) is 0 Å². The zero-order valence-corrected chi connectivity index (χ0v) is 19.1. The van der Waals surface area contributed by atoms with Crippen LogP contribution in [0.15, 0.2) is 97.1 Å². The minimum atomic E-state index is 0.0829. The van der Waals surface area contributed by atoms with Crippen LogP contribution in [0.5, 0.6) is 0 Å². The molecule has 3 aromatic rings. The molecule has 0 radical (unpaired) electrons. The van der Waals surface area contributed by atoms with E-state index in [2.05, 4.69) is 125 Å². The Bertz CT molecular complexity index is 924. The summed E-state index contributed by atoms with van der Waals surface area (Å²) in [5.41, 5.74) is 5.89. The van der Waals surface area contributed by atoms with Gasteiger partial charge in [-0.2, -0.15) is 0 Å². The van der Waals surface area contributed by atoms with Crippen molar-refractivity contribution >= 4 is 5.57 Å². The molecule has 0 spiro atoms. The van der Waals surface area contributed by atoms with Crippen molar-refractivity contribution in [2.45, 2.75) is 64.2 Å². The zero-order valence-electron chi connectivity index (χ0n) is 19.1. The summed E-state index contributed by atoms with van der Waals surface area (Å²) in [7, 11) is 0. The van der Waals surface area contributed by atoms with Crippen LogP contribution in [0.1, 0.15) is 70.1 Å². The topological polar surface area (TPSA) is 0 Å². The van der Waals surface area contributed by atoms with Crippen LogP contribution in [-0.2, 0) is 10.8 Å². The van der Waals surface area contributed by atoms with Gasteiger partial charge < -0.3 is 0 Å². The molecular weight excluding hydrogens is 360 g/mol. The van der Waals surface area contributed by atoms with Gasteiger partial charge in [-0.3, -0.25) is 0 Å². The highest BCUT2D eigenvalue weighted by molar-refractivity contribution is 5.66. The molecule has 0 heteroatoms. The molecule has 0 saturated carbocycles. The molecule has 0 bridgehead atoms. The summed E-state index contributed by atoms with van der Waals surface area (Å²) >= 11 is 0.